The topological polar surface area (TPSA) is 59.2 Å². The second kappa shape index (κ2) is 6.11. The number of aromatic nitrogens is 1. The van der Waals surface area contributed by atoms with Crippen LogP contribution in [0.2, 0.25) is 10.0 Å². The Kier molecular flexibility index (Phi) is 4.47. The van der Waals surface area contributed by atoms with Gasteiger partial charge >= 0.3 is 0 Å². The van der Waals surface area contributed by atoms with Crippen molar-refractivity contribution in [2.45, 2.75) is 6.54 Å². The fourth-order valence-electron chi connectivity index (χ4n) is 1.74. The standard InChI is InChI=1S/C14H13Cl2N3O/c1-19(8-9-4-2-3-5-11(9)15)14(20)10-6-12(16)13(17)18-7-10/h2-7H,8H2,1H3,(H2,17,18). The lowest BCUT2D eigenvalue weighted by atomic mass is 10.2. The van der Waals surface area contributed by atoms with Crippen LogP contribution in [0.3, 0.4) is 0 Å². The summed E-state index contributed by atoms with van der Waals surface area (Å²) in [5.74, 6) is 0.0105. The van der Waals surface area contributed by atoms with Gasteiger partial charge in [0.25, 0.3) is 5.91 Å². The highest BCUT2D eigenvalue weighted by Crippen LogP contribution is 2.20. The van der Waals surface area contributed by atoms with Crippen molar-refractivity contribution in [2.24, 2.45) is 0 Å². The van der Waals surface area contributed by atoms with E-state index in [0.717, 1.165) is 5.56 Å². The number of halogens is 2. The lowest BCUT2D eigenvalue weighted by Gasteiger charge is -2.18. The van der Waals surface area contributed by atoms with Crippen molar-refractivity contribution in [1.82, 2.24) is 9.88 Å². The zero-order valence-corrected chi connectivity index (χ0v) is 12.3. The Balaban J connectivity index is 2.16. The molecule has 0 aliphatic carbocycles. The molecule has 104 valence electrons. The van der Waals surface area contributed by atoms with Gasteiger partial charge in [-0.25, -0.2) is 4.98 Å². The quantitative estimate of drug-likeness (QED) is 0.947. The Morgan fingerprint density at radius 3 is 2.65 bits per heavy atom. The zero-order chi connectivity index (χ0) is 14.7. The van der Waals surface area contributed by atoms with Crippen LogP contribution in [-0.2, 0) is 6.54 Å². The van der Waals surface area contributed by atoms with E-state index < -0.39 is 0 Å². The van der Waals surface area contributed by atoms with Crippen molar-refractivity contribution in [1.29, 1.82) is 0 Å². The Labute approximate surface area is 127 Å². The summed E-state index contributed by atoms with van der Waals surface area (Å²) in [7, 11) is 1.69. The first kappa shape index (κ1) is 14.6. The molecular formula is C14H13Cl2N3O. The molecule has 0 aliphatic heterocycles. The van der Waals surface area contributed by atoms with Crippen LogP contribution < -0.4 is 5.73 Å². The van der Waals surface area contributed by atoms with Crippen molar-refractivity contribution in [3.8, 4) is 0 Å². The van der Waals surface area contributed by atoms with E-state index in [1.165, 1.54) is 12.3 Å². The average Bonchev–Trinajstić information content (AvgIpc) is 2.43. The largest absolute Gasteiger partial charge is 0.382 e. The van der Waals surface area contributed by atoms with Crippen molar-refractivity contribution >= 4 is 34.9 Å². The van der Waals surface area contributed by atoms with Gasteiger partial charge < -0.3 is 10.6 Å². The van der Waals surface area contributed by atoms with Gasteiger partial charge in [0, 0.05) is 24.8 Å². The third-order valence-electron chi connectivity index (χ3n) is 2.83. The molecule has 6 heteroatoms. The molecule has 0 aliphatic rings. The summed E-state index contributed by atoms with van der Waals surface area (Å²) in [6, 6.07) is 8.89. The van der Waals surface area contributed by atoms with E-state index in [9.17, 15) is 4.79 Å². The molecule has 0 saturated heterocycles. The molecule has 0 saturated carbocycles. The number of amides is 1. The van der Waals surface area contributed by atoms with E-state index in [-0.39, 0.29) is 16.7 Å². The molecule has 1 amide bonds. The van der Waals surface area contributed by atoms with E-state index in [2.05, 4.69) is 4.98 Å². The number of nitrogens with zero attached hydrogens (tertiary/aromatic N) is 2. The summed E-state index contributed by atoms with van der Waals surface area (Å²) in [6.07, 6.45) is 1.41. The summed E-state index contributed by atoms with van der Waals surface area (Å²) < 4.78 is 0. The molecule has 0 atom stereocenters. The van der Waals surface area contributed by atoms with Crippen molar-refractivity contribution in [2.75, 3.05) is 12.8 Å². The average molecular weight is 310 g/mol. The molecule has 2 rings (SSSR count). The van der Waals surface area contributed by atoms with Crippen LogP contribution in [0.15, 0.2) is 36.5 Å². The molecule has 2 N–H and O–H groups in total. The number of rotatable bonds is 3. The van der Waals surface area contributed by atoms with Gasteiger partial charge in [-0.05, 0) is 17.7 Å². The number of nitrogens with two attached hydrogens (primary N) is 1. The van der Waals surface area contributed by atoms with Gasteiger partial charge in [0.2, 0.25) is 0 Å². The van der Waals surface area contributed by atoms with Crippen LogP contribution in [0, 0.1) is 0 Å². The molecule has 20 heavy (non-hydrogen) atoms. The number of carbonyl (C=O) groups excluding carboxylic acids is 1. The van der Waals surface area contributed by atoms with Gasteiger partial charge in [0.1, 0.15) is 5.82 Å². The van der Waals surface area contributed by atoms with Gasteiger partial charge in [0.05, 0.1) is 10.6 Å². The summed E-state index contributed by atoms with van der Waals surface area (Å²) in [6.45, 7) is 0.403. The molecule has 1 heterocycles. The smallest absolute Gasteiger partial charge is 0.255 e. The number of pyridine rings is 1. The first-order valence-corrected chi connectivity index (χ1v) is 6.64. The zero-order valence-electron chi connectivity index (χ0n) is 10.8. The lowest BCUT2D eigenvalue weighted by Crippen LogP contribution is -2.26. The normalized spacial score (nSPS) is 10.3. The number of benzene rings is 1. The molecule has 0 fully saturated rings. The molecule has 0 unspecified atom stereocenters. The van der Waals surface area contributed by atoms with Crippen LogP contribution in [0.5, 0.6) is 0 Å². The summed E-state index contributed by atoms with van der Waals surface area (Å²) in [5, 5.41) is 0.891. The SMILES string of the molecule is CN(Cc1ccccc1Cl)C(=O)c1cnc(N)c(Cl)c1. The van der Waals surface area contributed by atoms with Crippen LogP contribution >= 0.6 is 23.2 Å². The van der Waals surface area contributed by atoms with Gasteiger partial charge in [-0.2, -0.15) is 0 Å². The highest BCUT2D eigenvalue weighted by atomic mass is 35.5. The van der Waals surface area contributed by atoms with Gasteiger partial charge in [-0.3, -0.25) is 4.79 Å². The van der Waals surface area contributed by atoms with Crippen molar-refractivity contribution in [3.63, 3.8) is 0 Å². The minimum absolute atomic E-state index is 0.195. The predicted octanol–water partition coefficient (Wildman–Crippen LogP) is 3.24. The summed E-state index contributed by atoms with van der Waals surface area (Å²) >= 11 is 11.9. The van der Waals surface area contributed by atoms with Gasteiger partial charge in [-0.1, -0.05) is 41.4 Å². The van der Waals surface area contributed by atoms with E-state index in [1.807, 2.05) is 18.2 Å². The molecule has 1 aromatic carbocycles. The third kappa shape index (κ3) is 3.21. The number of anilines is 1. The first-order valence-electron chi connectivity index (χ1n) is 5.89. The van der Waals surface area contributed by atoms with E-state index in [4.69, 9.17) is 28.9 Å². The summed E-state index contributed by atoms with van der Waals surface area (Å²) in [5.41, 5.74) is 6.79. The van der Waals surface area contributed by atoms with Crippen LogP contribution in [0.4, 0.5) is 5.82 Å². The molecule has 1 aromatic heterocycles. The molecule has 0 spiro atoms. The van der Waals surface area contributed by atoms with Crippen LogP contribution in [-0.4, -0.2) is 22.8 Å². The fourth-order valence-corrected chi connectivity index (χ4v) is 2.10. The highest BCUT2D eigenvalue weighted by molar-refractivity contribution is 6.33. The second-order valence-corrected chi connectivity index (χ2v) is 5.16. The minimum atomic E-state index is -0.195. The van der Waals surface area contributed by atoms with Crippen LogP contribution in [0.1, 0.15) is 15.9 Å². The maximum Gasteiger partial charge on any atom is 0.255 e. The predicted molar refractivity (Wildman–Crippen MR) is 80.9 cm³/mol. The molecule has 0 bridgehead atoms. The molecule has 0 radical (unpaired) electrons. The highest BCUT2D eigenvalue weighted by Gasteiger charge is 2.14. The van der Waals surface area contributed by atoms with Crippen molar-refractivity contribution in [3.05, 3.63) is 57.7 Å². The van der Waals surface area contributed by atoms with Gasteiger partial charge in [-0.15, -0.1) is 0 Å². The first-order chi connectivity index (χ1) is 9.49. The minimum Gasteiger partial charge on any atom is -0.382 e. The Morgan fingerprint density at radius 1 is 1.30 bits per heavy atom. The number of hydrogen-bond acceptors (Lipinski definition) is 3. The number of carbonyl (C=O) groups is 1. The maximum absolute atomic E-state index is 12.3. The lowest BCUT2D eigenvalue weighted by molar-refractivity contribution is 0.0785. The molecule has 2 aromatic rings. The maximum atomic E-state index is 12.3. The second-order valence-electron chi connectivity index (χ2n) is 4.34. The fraction of sp³-hybridized carbons (Fsp3) is 0.143. The van der Waals surface area contributed by atoms with E-state index in [0.29, 0.717) is 17.1 Å². The van der Waals surface area contributed by atoms with Crippen molar-refractivity contribution < 1.29 is 4.79 Å². The number of nitrogen functional groups attached to an aromatic ring is 1. The molecular weight excluding hydrogens is 297 g/mol. The Hall–Kier alpha value is -1.78. The van der Waals surface area contributed by atoms with Crippen LogP contribution in [0.25, 0.3) is 0 Å². The number of hydrogen-bond donors (Lipinski definition) is 1. The molecule has 4 nitrogen and oxygen atoms in total. The van der Waals surface area contributed by atoms with E-state index >= 15 is 0 Å². The Bertz CT molecular complexity index is 646. The van der Waals surface area contributed by atoms with E-state index in [1.54, 1.807) is 18.0 Å². The summed E-state index contributed by atoms with van der Waals surface area (Å²) in [4.78, 5) is 17.7. The monoisotopic (exact) mass is 309 g/mol. The third-order valence-corrected chi connectivity index (χ3v) is 3.50. The van der Waals surface area contributed by atoms with Gasteiger partial charge in [0.15, 0.2) is 0 Å². The Morgan fingerprint density at radius 2 is 2.00 bits per heavy atom.